The van der Waals surface area contributed by atoms with E-state index in [-0.39, 0.29) is 11.7 Å². The molecular weight excluding hydrogens is 318 g/mol. The molecule has 0 radical (unpaired) electrons. The molecule has 2 aromatic rings. The van der Waals surface area contributed by atoms with Gasteiger partial charge in [0.2, 0.25) is 11.1 Å². The third-order valence-electron chi connectivity index (χ3n) is 3.29. The summed E-state index contributed by atoms with van der Waals surface area (Å²) in [5.74, 6) is -0.578. The Morgan fingerprint density at radius 2 is 2.17 bits per heavy atom. The molecule has 23 heavy (non-hydrogen) atoms. The molecule has 1 N–H and O–H groups in total. The highest BCUT2D eigenvalue weighted by Crippen LogP contribution is 2.36. The number of ether oxygens (including phenoxy) is 1. The van der Waals surface area contributed by atoms with E-state index in [1.165, 1.54) is 18.9 Å². The number of methoxy groups -OCH3 is 1. The van der Waals surface area contributed by atoms with Crippen molar-refractivity contribution < 1.29 is 14.3 Å². The molecule has 0 saturated heterocycles. The van der Waals surface area contributed by atoms with Crippen LogP contribution in [-0.2, 0) is 9.53 Å². The summed E-state index contributed by atoms with van der Waals surface area (Å²) in [5.41, 5.74) is 0.739. The number of aromatic nitrogens is 4. The van der Waals surface area contributed by atoms with Gasteiger partial charge in [0, 0.05) is 0 Å². The Morgan fingerprint density at radius 3 is 2.91 bits per heavy atom. The molecule has 1 aliphatic rings. The standard InChI is InChI=1S/C14H15N5O3S/c1-22-13(21)10-4-2-3-5-11(10)15-12(20)8-23-14-16-17-18-19(14)9-6-7-9/h2-5,9H,6-8H2,1H3,(H,15,20). The number of hydrogen-bond donors (Lipinski definition) is 1. The summed E-state index contributed by atoms with van der Waals surface area (Å²) in [5, 5.41) is 14.8. The summed E-state index contributed by atoms with van der Waals surface area (Å²) < 4.78 is 6.45. The monoisotopic (exact) mass is 333 g/mol. The summed E-state index contributed by atoms with van der Waals surface area (Å²) in [6.07, 6.45) is 2.13. The van der Waals surface area contributed by atoms with Crippen molar-refractivity contribution in [1.82, 2.24) is 20.2 Å². The number of para-hydroxylation sites is 1. The number of amides is 1. The maximum Gasteiger partial charge on any atom is 0.339 e. The number of rotatable bonds is 6. The maximum atomic E-state index is 12.1. The fraction of sp³-hybridized carbons (Fsp3) is 0.357. The number of anilines is 1. The molecule has 1 aromatic carbocycles. The lowest BCUT2D eigenvalue weighted by molar-refractivity contribution is -0.113. The number of thioether (sulfide) groups is 1. The molecule has 1 fully saturated rings. The van der Waals surface area contributed by atoms with Crippen LogP contribution in [0.5, 0.6) is 0 Å². The van der Waals surface area contributed by atoms with Crippen molar-refractivity contribution in [3.63, 3.8) is 0 Å². The predicted octanol–water partition coefficient (Wildman–Crippen LogP) is 1.53. The summed E-state index contributed by atoms with van der Waals surface area (Å²) >= 11 is 1.27. The molecule has 1 aliphatic carbocycles. The molecule has 0 unspecified atom stereocenters. The van der Waals surface area contributed by atoms with Gasteiger partial charge in [-0.25, -0.2) is 9.48 Å². The van der Waals surface area contributed by atoms with E-state index < -0.39 is 5.97 Å². The van der Waals surface area contributed by atoms with Gasteiger partial charge < -0.3 is 10.1 Å². The van der Waals surface area contributed by atoms with Gasteiger partial charge in [-0.2, -0.15) is 0 Å². The highest BCUT2D eigenvalue weighted by Gasteiger charge is 2.28. The Morgan fingerprint density at radius 1 is 1.39 bits per heavy atom. The van der Waals surface area contributed by atoms with E-state index in [0.717, 1.165) is 12.8 Å². The second kappa shape index (κ2) is 6.78. The highest BCUT2D eigenvalue weighted by atomic mass is 32.2. The lowest BCUT2D eigenvalue weighted by Gasteiger charge is -2.09. The smallest absolute Gasteiger partial charge is 0.339 e. The van der Waals surface area contributed by atoms with Crippen molar-refractivity contribution in [3.8, 4) is 0 Å². The third-order valence-corrected chi connectivity index (χ3v) is 4.23. The van der Waals surface area contributed by atoms with E-state index in [2.05, 4.69) is 20.8 Å². The van der Waals surface area contributed by atoms with Gasteiger partial charge in [-0.05, 0) is 35.4 Å². The molecule has 0 aliphatic heterocycles. The lowest BCUT2D eigenvalue weighted by Crippen LogP contribution is -2.17. The molecule has 120 valence electrons. The summed E-state index contributed by atoms with van der Waals surface area (Å²) in [7, 11) is 1.30. The SMILES string of the molecule is COC(=O)c1ccccc1NC(=O)CSc1nnnn1C1CC1. The minimum atomic E-state index is -0.494. The number of hydrogen-bond acceptors (Lipinski definition) is 7. The molecule has 1 amide bonds. The zero-order valence-electron chi connectivity index (χ0n) is 12.4. The number of nitrogens with one attached hydrogen (secondary N) is 1. The van der Waals surface area contributed by atoms with Crippen LogP contribution < -0.4 is 5.32 Å². The van der Waals surface area contributed by atoms with E-state index in [1.807, 2.05) is 0 Å². The first-order valence-electron chi connectivity index (χ1n) is 7.07. The molecule has 1 heterocycles. The molecule has 0 bridgehead atoms. The first kappa shape index (κ1) is 15.5. The summed E-state index contributed by atoms with van der Waals surface area (Å²) in [6, 6.07) is 7.06. The van der Waals surface area contributed by atoms with Crippen LogP contribution in [0.25, 0.3) is 0 Å². The quantitative estimate of drug-likeness (QED) is 0.632. The van der Waals surface area contributed by atoms with Crippen molar-refractivity contribution in [2.24, 2.45) is 0 Å². The second-order valence-electron chi connectivity index (χ2n) is 5.01. The lowest BCUT2D eigenvalue weighted by atomic mass is 10.2. The van der Waals surface area contributed by atoms with Gasteiger partial charge in [-0.1, -0.05) is 23.9 Å². The average molecular weight is 333 g/mol. The number of esters is 1. The first-order valence-corrected chi connectivity index (χ1v) is 8.05. The van der Waals surface area contributed by atoms with Crippen molar-refractivity contribution in [2.45, 2.75) is 24.0 Å². The highest BCUT2D eigenvalue weighted by molar-refractivity contribution is 7.99. The van der Waals surface area contributed by atoms with Gasteiger partial charge in [0.15, 0.2) is 0 Å². The fourth-order valence-electron chi connectivity index (χ4n) is 2.03. The van der Waals surface area contributed by atoms with Crippen LogP contribution in [0.3, 0.4) is 0 Å². The van der Waals surface area contributed by atoms with Gasteiger partial charge in [-0.15, -0.1) is 5.10 Å². The van der Waals surface area contributed by atoms with Crippen LogP contribution in [0.4, 0.5) is 5.69 Å². The summed E-state index contributed by atoms with van der Waals surface area (Å²) in [4.78, 5) is 23.8. The van der Waals surface area contributed by atoms with Crippen molar-refractivity contribution in [2.75, 3.05) is 18.2 Å². The molecule has 3 rings (SSSR count). The van der Waals surface area contributed by atoms with Crippen molar-refractivity contribution >= 4 is 29.3 Å². The van der Waals surface area contributed by atoms with Crippen LogP contribution in [0.1, 0.15) is 29.2 Å². The Bertz CT molecular complexity index is 729. The fourth-order valence-corrected chi connectivity index (χ4v) is 2.77. The number of benzene rings is 1. The van der Waals surface area contributed by atoms with Gasteiger partial charge >= 0.3 is 5.97 Å². The average Bonchev–Trinajstić information content (AvgIpc) is 3.31. The second-order valence-corrected chi connectivity index (χ2v) is 5.95. The molecule has 0 spiro atoms. The predicted molar refractivity (Wildman–Crippen MR) is 83.2 cm³/mol. The molecule has 0 atom stereocenters. The largest absolute Gasteiger partial charge is 0.465 e. The van der Waals surface area contributed by atoms with Crippen molar-refractivity contribution in [1.29, 1.82) is 0 Å². The normalized spacial score (nSPS) is 13.6. The number of carbonyl (C=O) groups is 2. The summed E-state index contributed by atoms with van der Waals surface area (Å²) in [6.45, 7) is 0. The van der Waals surface area contributed by atoms with Crippen LogP contribution in [0.2, 0.25) is 0 Å². The Kier molecular flexibility index (Phi) is 4.56. The van der Waals surface area contributed by atoms with E-state index in [4.69, 9.17) is 4.74 Å². The van der Waals surface area contributed by atoms with E-state index in [0.29, 0.717) is 22.4 Å². The van der Waals surface area contributed by atoms with Crippen LogP contribution >= 0.6 is 11.8 Å². The van der Waals surface area contributed by atoms with Crippen LogP contribution in [0, 0.1) is 0 Å². The third kappa shape index (κ3) is 3.67. The number of tetrazole rings is 1. The topological polar surface area (TPSA) is 99.0 Å². The van der Waals surface area contributed by atoms with E-state index in [1.54, 1.807) is 28.9 Å². The van der Waals surface area contributed by atoms with Crippen LogP contribution in [0.15, 0.2) is 29.4 Å². The first-order chi connectivity index (χ1) is 11.2. The van der Waals surface area contributed by atoms with Gasteiger partial charge in [0.05, 0.1) is 30.2 Å². The minimum absolute atomic E-state index is 0.155. The van der Waals surface area contributed by atoms with E-state index in [9.17, 15) is 9.59 Å². The van der Waals surface area contributed by atoms with Gasteiger partial charge in [-0.3, -0.25) is 4.79 Å². The number of nitrogens with zero attached hydrogens (tertiary/aromatic N) is 4. The maximum absolute atomic E-state index is 12.1. The van der Waals surface area contributed by atoms with Gasteiger partial charge in [0.1, 0.15) is 0 Å². The van der Waals surface area contributed by atoms with E-state index >= 15 is 0 Å². The molecular formula is C14H15N5O3S. The molecule has 1 saturated carbocycles. The minimum Gasteiger partial charge on any atom is -0.465 e. The van der Waals surface area contributed by atoms with Crippen LogP contribution in [-0.4, -0.2) is 44.9 Å². The molecule has 9 heteroatoms. The molecule has 1 aromatic heterocycles. The van der Waals surface area contributed by atoms with Gasteiger partial charge in [0.25, 0.3) is 0 Å². The number of carbonyl (C=O) groups excluding carboxylic acids is 2. The van der Waals surface area contributed by atoms with Crippen molar-refractivity contribution in [3.05, 3.63) is 29.8 Å². The zero-order chi connectivity index (χ0) is 16.2. The zero-order valence-corrected chi connectivity index (χ0v) is 13.2. The molecule has 8 nitrogen and oxygen atoms in total. The Hall–Kier alpha value is -2.42. The Balaban J connectivity index is 1.61. The Labute approximate surface area is 136 Å².